The van der Waals surface area contributed by atoms with E-state index in [2.05, 4.69) is 6.07 Å². The van der Waals surface area contributed by atoms with Gasteiger partial charge in [0.2, 0.25) is 0 Å². The van der Waals surface area contributed by atoms with E-state index in [1.54, 1.807) is 55.8 Å². The quantitative estimate of drug-likeness (QED) is 0.0173. The van der Waals surface area contributed by atoms with Crippen molar-refractivity contribution in [3.63, 3.8) is 0 Å². The first kappa shape index (κ1) is 67.6. The molecule has 5 aromatic rings. The molecule has 1 unspecified atom stereocenters. The molecule has 3 aromatic carbocycles. The number of methoxy groups -OCH3 is 2. The maximum atomic E-state index is 14.6. The molecule has 0 spiro atoms. The van der Waals surface area contributed by atoms with Crippen LogP contribution in [0.5, 0.6) is 11.5 Å². The van der Waals surface area contributed by atoms with Crippen molar-refractivity contribution >= 4 is 26.5 Å². The lowest BCUT2D eigenvalue weighted by Crippen LogP contribution is -2.47. The van der Waals surface area contributed by atoms with E-state index in [9.17, 15) is 38.8 Å². The normalized spacial score (nSPS) is 24.6. The monoisotopic (exact) mass is 1290 g/mol. The molecule has 4 saturated carbocycles. The molecule has 11 rings (SSSR count). The van der Waals surface area contributed by atoms with Crippen LogP contribution in [0, 0.1) is 59.2 Å². The summed E-state index contributed by atoms with van der Waals surface area (Å²) in [4.78, 5) is 96.5. The van der Waals surface area contributed by atoms with E-state index in [1.165, 1.54) is 54.6 Å². The molecule has 2 aliphatic heterocycles. The third kappa shape index (κ3) is 14.9. The maximum absolute atomic E-state index is 14.6. The Kier molecular flexibility index (Phi) is 20.7. The predicted octanol–water partition coefficient (Wildman–Crippen LogP) is 9.42. The summed E-state index contributed by atoms with van der Waals surface area (Å²) in [6, 6.07) is 26.6. The number of nitriles is 1. The second-order valence-corrected chi connectivity index (χ2v) is 28.3. The molecule has 0 N–H and O–H groups in total. The molecule has 4 heterocycles. The van der Waals surface area contributed by atoms with E-state index in [0.29, 0.717) is 40.4 Å². The van der Waals surface area contributed by atoms with Gasteiger partial charge in [0.1, 0.15) is 47.9 Å². The number of carbonyl (C=O) groups is 3. The van der Waals surface area contributed by atoms with E-state index < -0.39 is 116 Å². The van der Waals surface area contributed by atoms with Crippen LogP contribution < -0.4 is 32.0 Å². The summed E-state index contributed by atoms with van der Waals surface area (Å²) in [7, 11) is 0.637. The van der Waals surface area contributed by atoms with Gasteiger partial charge in [-0.25, -0.2) is 18.7 Å². The molecule has 7 atom stereocenters. The highest BCUT2D eigenvalue weighted by Crippen LogP contribution is 2.61. The molecule has 6 fully saturated rings. The summed E-state index contributed by atoms with van der Waals surface area (Å²) in [6.07, 6.45) is 2.78. The van der Waals surface area contributed by atoms with Gasteiger partial charge in [-0.3, -0.25) is 33.1 Å². The van der Waals surface area contributed by atoms with Crippen LogP contribution in [0.25, 0.3) is 0 Å². The molecule has 2 aromatic heterocycles. The number of hydrogen-bond donors (Lipinski definition) is 0. The van der Waals surface area contributed by atoms with E-state index in [-0.39, 0.29) is 62.0 Å². The summed E-state index contributed by atoms with van der Waals surface area (Å²) in [6.45, 7) is 10.9. The van der Waals surface area contributed by atoms with Gasteiger partial charge in [0.25, 0.3) is 11.1 Å². The zero-order valence-corrected chi connectivity index (χ0v) is 54.9. The van der Waals surface area contributed by atoms with Crippen LogP contribution in [-0.2, 0) is 75.4 Å². The number of aryl methyl sites for hydroxylation is 2. The van der Waals surface area contributed by atoms with E-state index in [1.807, 2.05) is 78.9 Å². The van der Waals surface area contributed by atoms with Gasteiger partial charge in [-0.15, -0.1) is 0 Å². The smallest absolute Gasteiger partial charge is 0.335 e. The predicted molar refractivity (Wildman–Crippen MR) is 335 cm³/mol. The third-order valence-electron chi connectivity index (χ3n) is 18.2. The lowest BCUT2D eigenvalue weighted by atomic mass is 9.49. The Morgan fingerprint density at radius 3 is 1.53 bits per heavy atom. The van der Waals surface area contributed by atoms with Crippen LogP contribution in [0.15, 0.2) is 110 Å². The first-order valence-corrected chi connectivity index (χ1v) is 32.5. The first-order valence-electron chi connectivity index (χ1n) is 31.4. The lowest BCUT2D eigenvalue weighted by Gasteiger charge is -2.56. The van der Waals surface area contributed by atoms with Gasteiger partial charge < -0.3 is 51.5 Å². The van der Waals surface area contributed by atoms with Crippen molar-refractivity contribution in [2.75, 3.05) is 34.0 Å². The summed E-state index contributed by atoms with van der Waals surface area (Å²) >= 11 is 0. The minimum Gasteiger partial charge on any atom is -0.497 e. The molecule has 6 aliphatic rings. The topological polar surface area (TPSA) is 265 Å². The van der Waals surface area contributed by atoms with Gasteiger partial charge in [-0.05, 0) is 158 Å². The number of ether oxygens (including phenoxy) is 8. The number of rotatable bonds is 25. The summed E-state index contributed by atoms with van der Waals surface area (Å²) < 4.78 is 73.4. The van der Waals surface area contributed by atoms with Crippen LogP contribution >= 0.6 is 8.60 Å². The van der Waals surface area contributed by atoms with Gasteiger partial charge >= 0.3 is 37.9 Å². The Bertz CT molecular complexity index is 3670. The van der Waals surface area contributed by atoms with Crippen molar-refractivity contribution in [2.24, 2.45) is 34.0 Å². The van der Waals surface area contributed by atoms with E-state index >= 15 is 0 Å². The molecular formula is C68H84N5O18P. The van der Waals surface area contributed by atoms with Crippen LogP contribution in [-0.4, -0.2) is 94.6 Å². The highest BCUT2D eigenvalue weighted by molar-refractivity contribution is 7.41. The molecular weight excluding hydrogens is 1210 g/mol. The molecule has 0 amide bonds. The Balaban J connectivity index is 0.991. The fraction of sp³-hybridized carbons (Fsp3) is 0.559. The van der Waals surface area contributed by atoms with Crippen molar-refractivity contribution in [1.82, 2.24) is 18.3 Å². The average Bonchev–Trinajstić information content (AvgIpc) is 0.827. The number of aromatic nitrogens is 4. The largest absolute Gasteiger partial charge is 0.497 e. The summed E-state index contributed by atoms with van der Waals surface area (Å²) in [5, 5.41) is 9.79. The number of hydrogen-bond acceptors (Lipinski definition) is 19. The van der Waals surface area contributed by atoms with Gasteiger partial charge in [-0.1, -0.05) is 54.6 Å². The molecule has 92 heavy (non-hydrogen) atoms. The maximum Gasteiger partial charge on any atom is 0.335 e. The van der Waals surface area contributed by atoms with Crippen LogP contribution in [0.3, 0.4) is 0 Å². The fourth-order valence-electron chi connectivity index (χ4n) is 13.9. The number of nitrogens with zero attached hydrogens (tertiary/aromatic N) is 5. The molecule has 494 valence electrons. The number of benzene rings is 3. The molecule has 0 radical (unpaired) electrons. The molecule has 4 aliphatic carbocycles. The molecule has 23 nitrogen and oxygen atoms in total. The van der Waals surface area contributed by atoms with Gasteiger partial charge in [0, 0.05) is 36.4 Å². The zero-order chi connectivity index (χ0) is 65.9. The Labute approximate surface area is 535 Å². The highest BCUT2D eigenvalue weighted by Gasteiger charge is 2.53. The number of esters is 3. The van der Waals surface area contributed by atoms with Crippen molar-refractivity contribution in [2.45, 2.75) is 176 Å². The minimum absolute atomic E-state index is 0.0388. The van der Waals surface area contributed by atoms with Crippen molar-refractivity contribution in [3.8, 4) is 17.6 Å². The zero-order valence-electron chi connectivity index (χ0n) is 54.0. The van der Waals surface area contributed by atoms with Crippen molar-refractivity contribution in [3.05, 3.63) is 161 Å². The average molecular weight is 1290 g/mol. The third-order valence-corrected chi connectivity index (χ3v) is 19.4. The summed E-state index contributed by atoms with van der Waals surface area (Å²) in [5.41, 5.74) is -3.96. The van der Waals surface area contributed by atoms with E-state index in [0.717, 1.165) is 34.0 Å². The summed E-state index contributed by atoms with van der Waals surface area (Å²) in [5.74, 6) is 1.27. The number of carbonyl (C=O) groups excluding carboxylic acids is 3. The standard InChI is InChI=1S/C68H84N5O18P/c1-42-36-70(63(79)72(59(42)75)40-83-61(77)65(3,4)5)56-30-52(90-58(74)35-67-32-44-27-45(33-67)29-46(28-44)34-67)55(89-56)39-87-92(86-26-14-25-69)91-53-31-57(71-37-43(2)60(76)73(64(71)80)41-84-62(78)66(6,7)8)88-54(53)38-85-68(47-15-12-11-13-16-47,48-17-21-50(81-9)22-18-48)49-19-23-51(82-10)24-20-49/h11-13,15-24,36-37,44-46,52-57H,14,26-35,38-41H2,1-10H3/t44?,45?,46?,52-,53-,54+,55+,56+,57+,67?,92?/m0/s1. The Hall–Kier alpha value is -7.29. The Morgan fingerprint density at radius 2 is 1.08 bits per heavy atom. The van der Waals surface area contributed by atoms with Crippen LogP contribution in [0.4, 0.5) is 0 Å². The van der Waals surface area contributed by atoms with Crippen molar-refractivity contribution < 1.29 is 65.8 Å². The Morgan fingerprint density at radius 1 is 0.620 bits per heavy atom. The second-order valence-electron chi connectivity index (χ2n) is 27.2. The lowest BCUT2D eigenvalue weighted by molar-refractivity contribution is -0.161. The molecule has 2 saturated heterocycles. The van der Waals surface area contributed by atoms with Gasteiger partial charge in [0.05, 0.1) is 69.9 Å². The second kappa shape index (κ2) is 28.1. The van der Waals surface area contributed by atoms with Crippen molar-refractivity contribution in [1.29, 1.82) is 5.26 Å². The van der Waals surface area contributed by atoms with Gasteiger partial charge in [-0.2, -0.15) is 5.26 Å². The fourth-order valence-corrected chi connectivity index (χ4v) is 15.1. The van der Waals surface area contributed by atoms with Crippen LogP contribution in [0.1, 0.15) is 146 Å². The van der Waals surface area contributed by atoms with Gasteiger partial charge in [0.15, 0.2) is 13.5 Å². The molecule has 4 bridgehead atoms. The minimum atomic E-state index is -2.51. The van der Waals surface area contributed by atoms with E-state index in [4.69, 9.17) is 51.5 Å². The first-order chi connectivity index (χ1) is 43.8. The SMILES string of the molecule is COc1ccc(C(OC[C@H]2O[C@@H](n3cc(C)c(=O)n(COC(=O)C(C)(C)C)c3=O)C[C@@H]2OP(OCCC#N)OC[C@H]2O[C@@H](n3cc(C)c(=O)n(COC(=O)C(C)(C)C)c3=O)C[C@@H]2OC(=O)CC23CC4CC(CC(C4)C2)C3)(c2ccccc2)c2ccc(OC)cc2)cc1. The van der Waals surface area contributed by atoms with Crippen LogP contribution in [0.2, 0.25) is 0 Å². The molecule has 24 heteroatoms. The highest BCUT2D eigenvalue weighted by atomic mass is 31.2.